The van der Waals surface area contributed by atoms with Crippen molar-refractivity contribution < 1.29 is 4.39 Å². The summed E-state index contributed by atoms with van der Waals surface area (Å²) in [7, 11) is 0. The molecule has 1 aromatic heterocycles. The van der Waals surface area contributed by atoms with Crippen molar-refractivity contribution in [3.8, 4) is 17.5 Å². The number of nitrogens with zero attached hydrogens (tertiary/aromatic N) is 4. The molecule has 3 aromatic rings. The van der Waals surface area contributed by atoms with Gasteiger partial charge in [0.2, 0.25) is 0 Å². The number of hydrogen-bond acceptors (Lipinski definition) is 4. The van der Waals surface area contributed by atoms with Gasteiger partial charge in [-0.25, -0.2) is 4.39 Å². The van der Waals surface area contributed by atoms with E-state index in [1.54, 1.807) is 6.07 Å². The first-order valence-electron chi connectivity index (χ1n) is 7.94. The number of halogens is 1. The predicted molar refractivity (Wildman–Crippen MR) is 96.5 cm³/mol. The van der Waals surface area contributed by atoms with Crippen LogP contribution < -0.4 is 0 Å². The summed E-state index contributed by atoms with van der Waals surface area (Å²) in [5.74, 6) is 0.890. The van der Waals surface area contributed by atoms with E-state index in [0.29, 0.717) is 16.9 Å². The van der Waals surface area contributed by atoms with E-state index in [1.165, 1.54) is 23.9 Å². The molecule has 126 valence electrons. The zero-order valence-corrected chi connectivity index (χ0v) is 14.8. The zero-order chi connectivity index (χ0) is 17.8. The van der Waals surface area contributed by atoms with E-state index in [9.17, 15) is 4.39 Å². The molecule has 1 heterocycles. The Kier molecular flexibility index (Phi) is 5.15. The average Bonchev–Trinajstić information content (AvgIpc) is 3.04. The minimum atomic E-state index is -0.312. The summed E-state index contributed by atoms with van der Waals surface area (Å²) in [6.07, 6.45) is 0. The predicted octanol–water partition coefficient (Wildman–Crippen LogP) is 4.58. The Balaban J connectivity index is 1.86. The van der Waals surface area contributed by atoms with Crippen LogP contribution in [0.4, 0.5) is 4.39 Å². The minimum absolute atomic E-state index is 0.312. The van der Waals surface area contributed by atoms with Crippen molar-refractivity contribution in [3.05, 3.63) is 65.0 Å². The lowest BCUT2D eigenvalue weighted by Gasteiger charge is -2.08. The summed E-state index contributed by atoms with van der Waals surface area (Å²) in [6.45, 7) is 4.79. The topological polar surface area (TPSA) is 54.5 Å². The molecule has 0 radical (unpaired) electrons. The van der Waals surface area contributed by atoms with E-state index in [-0.39, 0.29) is 5.82 Å². The molecule has 6 heteroatoms. The fourth-order valence-corrected chi connectivity index (χ4v) is 3.55. The van der Waals surface area contributed by atoms with Crippen LogP contribution in [0.3, 0.4) is 0 Å². The second-order valence-electron chi connectivity index (χ2n) is 5.63. The highest BCUT2D eigenvalue weighted by molar-refractivity contribution is 7.98. The maximum Gasteiger partial charge on any atom is 0.191 e. The summed E-state index contributed by atoms with van der Waals surface area (Å²) in [5, 5.41) is 18.3. The fraction of sp³-hybridized carbons (Fsp3) is 0.211. The standard InChI is InChI=1S/C19H17FN4S/c1-3-24-18(15-6-4-5-13(2)9-15)22-23-19(24)25-12-16-10-14(11-21)7-8-17(16)20/h4-10H,3,12H2,1-2H3. The van der Waals surface area contributed by atoms with Gasteiger partial charge in [-0.05, 0) is 43.7 Å². The van der Waals surface area contributed by atoms with Gasteiger partial charge in [0.15, 0.2) is 11.0 Å². The van der Waals surface area contributed by atoms with Gasteiger partial charge in [0.05, 0.1) is 11.6 Å². The van der Waals surface area contributed by atoms with Crippen LogP contribution in [0.2, 0.25) is 0 Å². The molecule has 0 bridgehead atoms. The summed E-state index contributed by atoms with van der Waals surface area (Å²) in [4.78, 5) is 0. The molecular formula is C19H17FN4S. The first-order valence-corrected chi connectivity index (χ1v) is 8.92. The van der Waals surface area contributed by atoms with Gasteiger partial charge in [-0.1, -0.05) is 35.5 Å². The summed E-state index contributed by atoms with van der Waals surface area (Å²) in [5.41, 5.74) is 3.12. The zero-order valence-electron chi connectivity index (χ0n) is 14.0. The van der Waals surface area contributed by atoms with Crippen molar-refractivity contribution in [2.45, 2.75) is 31.3 Å². The van der Waals surface area contributed by atoms with Crippen molar-refractivity contribution in [3.63, 3.8) is 0 Å². The lowest BCUT2D eigenvalue weighted by Crippen LogP contribution is -2.00. The molecule has 0 atom stereocenters. The Hall–Kier alpha value is -2.65. The molecule has 0 N–H and O–H groups in total. The van der Waals surface area contributed by atoms with E-state index >= 15 is 0 Å². The average molecular weight is 352 g/mol. The van der Waals surface area contributed by atoms with Crippen LogP contribution in [0, 0.1) is 24.1 Å². The van der Waals surface area contributed by atoms with Gasteiger partial charge in [-0.15, -0.1) is 10.2 Å². The molecule has 2 aromatic carbocycles. The quantitative estimate of drug-likeness (QED) is 0.631. The third-order valence-corrected chi connectivity index (χ3v) is 4.86. The smallest absolute Gasteiger partial charge is 0.191 e. The SMILES string of the molecule is CCn1c(SCc2cc(C#N)ccc2F)nnc1-c1cccc(C)c1. The first-order chi connectivity index (χ1) is 12.1. The molecule has 0 saturated heterocycles. The van der Waals surface area contributed by atoms with Crippen LogP contribution in [0.25, 0.3) is 11.4 Å². The van der Waals surface area contributed by atoms with Gasteiger partial charge >= 0.3 is 0 Å². The molecule has 0 aliphatic rings. The van der Waals surface area contributed by atoms with E-state index in [2.05, 4.69) is 16.3 Å². The van der Waals surface area contributed by atoms with E-state index < -0.39 is 0 Å². The van der Waals surface area contributed by atoms with Crippen LogP contribution in [0.15, 0.2) is 47.6 Å². The van der Waals surface area contributed by atoms with Gasteiger partial charge in [0, 0.05) is 17.9 Å². The van der Waals surface area contributed by atoms with Crippen molar-refractivity contribution in [2.24, 2.45) is 0 Å². The molecule has 25 heavy (non-hydrogen) atoms. The number of nitriles is 1. The third kappa shape index (κ3) is 3.72. The van der Waals surface area contributed by atoms with Crippen LogP contribution in [-0.2, 0) is 12.3 Å². The number of hydrogen-bond donors (Lipinski definition) is 0. The van der Waals surface area contributed by atoms with Gasteiger partial charge in [-0.2, -0.15) is 5.26 Å². The Labute approximate surface area is 150 Å². The summed E-state index contributed by atoms with van der Waals surface area (Å²) >= 11 is 1.42. The number of thioether (sulfide) groups is 1. The van der Waals surface area contributed by atoms with Crippen molar-refractivity contribution in [2.75, 3.05) is 0 Å². The highest BCUT2D eigenvalue weighted by Crippen LogP contribution is 2.27. The molecule has 4 nitrogen and oxygen atoms in total. The van der Waals surface area contributed by atoms with Crippen LogP contribution in [0.5, 0.6) is 0 Å². The molecule has 0 amide bonds. The van der Waals surface area contributed by atoms with E-state index in [0.717, 1.165) is 28.7 Å². The second kappa shape index (κ2) is 7.49. The Morgan fingerprint density at radius 3 is 2.76 bits per heavy atom. The largest absolute Gasteiger partial charge is 0.302 e. The van der Waals surface area contributed by atoms with Gasteiger partial charge in [0.1, 0.15) is 5.82 Å². The van der Waals surface area contributed by atoms with Gasteiger partial charge in [-0.3, -0.25) is 0 Å². The molecule has 0 fully saturated rings. The lowest BCUT2D eigenvalue weighted by atomic mass is 10.1. The van der Waals surface area contributed by atoms with Crippen molar-refractivity contribution in [1.29, 1.82) is 5.26 Å². The Bertz CT molecular complexity index is 943. The first kappa shape index (κ1) is 17.2. The molecule has 0 aliphatic heterocycles. The normalized spacial score (nSPS) is 10.6. The minimum Gasteiger partial charge on any atom is -0.302 e. The third-order valence-electron chi connectivity index (χ3n) is 3.84. The second-order valence-corrected chi connectivity index (χ2v) is 6.57. The van der Waals surface area contributed by atoms with Crippen LogP contribution in [-0.4, -0.2) is 14.8 Å². The monoisotopic (exact) mass is 352 g/mol. The molecule has 0 aliphatic carbocycles. The molecule has 3 rings (SSSR count). The van der Waals surface area contributed by atoms with Crippen LogP contribution in [0.1, 0.15) is 23.6 Å². The van der Waals surface area contributed by atoms with E-state index in [4.69, 9.17) is 5.26 Å². The molecular weight excluding hydrogens is 335 g/mol. The fourth-order valence-electron chi connectivity index (χ4n) is 2.58. The Morgan fingerprint density at radius 2 is 2.04 bits per heavy atom. The van der Waals surface area contributed by atoms with Crippen LogP contribution >= 0.6 is 11.8 Å². The van der Waals surface area contributed by atoms with Crippen molar-refractivity contribution >= 4 is 11.8 Å². The summed E-state index contributed by atoms with van der Waals surface area (Å²) in [6, 6.07) is 14.5. The maximum absolute atomic E-state index is 13.9. The number of aromatic nitrogens is 3. The summed E-state index contributed by atoms with van der Waals surface area (Å²) < 4.78 is 16.0. The Morgan fingerprint density at radius 1 is 1.20 bits per heavy atom. The van der Waals surface area contributed by atoms with E-state index in [1.807, 2.05) is 42.7 Å². The number of rotatable bonds is 5. The highest BCUT2D eigenvalue weighted by atomic mass is 32.2. The molecule has 0 saturated carbocycles. The highest BCUT2D eigenvalue weighted by Gasteiger charge is 2.14. The molecule has 0 unspecified atom stereocenters. The van der Waals surface area contributed by atoms with Crippen molar-refractivity contribution in [1.82, 2.24) is 14.8 Å². The van der Waals surface area contributed by atoms with Gasteiger partial charge < -0.3 is 4.57 Å². The molecule has 0 spiro atoms. The lowest BCUT2D eigenvalue weighted by molar-refractivity contribution is 0.617. The maximum atomic E-state index is 13.9. The van der Waals surface area contributed by atoms with Gasteiger partial charge in [0.25, 0.3) is 0 Å². The number of benzene rings is 2. The number of aryl methyl sites for hydroxylation is 1.